The highest BCUT2D eigenvalue weighted by molar-refractivity contribution is 7.89. The molecule has 6 nitrogen and oxygen atoms in total. The highest BCUT2D eigenvalue weighted by Crippen LogP contribution is 2.40. The second-order valence-corrected chi connectivity index (χ2v) is 10.8. The van der Waals surface area contributed by atoms with Crippen LogP contribution in [0.1, 0.15) is 32.3 Å². The number of carbonyl (C=O) groups is 1. The number of hydrogen-bond donors (Lipinski definition) is 0. The van der Waals surface area contributed by atoms with E-state index >= 15 is 0 Å². The average molecular weight is 479 g/mol. The molecule has 2 aromatic rings. The second kappa shape index (κ2) is 9.12. The Hall–Kier alpha value is -2.36. The number of halogens is 2. The summed E-state index contributed by atoms with van der Waals surface area (Å²) in [6, 6.07) is 11.9. The summed E-state index contributed by atoms with van der Waals surface area (Å²) in [6.45, 7) is 5.00. The largest absolute Gasteiger partial charge is 0.375 e. The molecule has 0 radical (unpaired) electrons. The molecule has 0 aliphatic carbocycles. The molecular weight excluding hydrogens is 450 g/mol. The molecule has 4 rings (SSSR count). The van der Waals surface area contributed by atoms with Gasteiger partial charge in [-0.15, -0.1) is 0 Å². The van der Waals surface area contributed by atoms with Crippen LogP contribution in [0.3, 0.4) is 0 Å². The lowest BCUT2D eigenvalue weighted by molar-refractivity contribution is -0.151. The second-order valence-electron chi connectivity index (χ2n) is 8.88. The van der Waals surface area contributed by atoms with Gasteiger partial charge in [-0.2, -0.15) is 4.31 Å². The van der Waals surface area contributed by atoms with E-state index in [9.17, 15) is 22.0 Å². The van der Waals surface area contributed by atoms with E-state index < -0.39 is 27.1 Å². The third-order valence-corrected chi connectivity index (χ3v) is 8.60. The Morgan fingerprint density at radius 1 is 1.03 bits per heavy atom. The Morgan fingerprint density at radius 3 is 2.33 bits per heavy atom. The average Bonchev–Trinajstić information content (AvgIpc) is 2.82. The standard InChI is InChI=1S/C24H28F2N2O4S/c1-17-16-32-18(2)15-28(17)23(29)24(19-6-4-3-5-7-19)10-12-27(13-11-24)33(30,31)20-8-9-21(25)22(26)14-20/h3-9,14,17-18H,10-13,15-16H2,1-2H3. The van der Waals surface area contributed by atoms with Gasteiger partial charge in [0.15, 0.2) is 11.6 Å². The van der Waals surface area contributed by atoms with E-state index in [1.54, 1.807) is 0 Å². The molecule has 0 aromatic heterocycles. The maximum atomic E-state index is 14.0. The third-order valence-electron chi connectivity index (χ3n) is 6.71. The number of nitrogens with zero attached hydrogens (tertiary/aromatic N) is 2. The summed E-state index contributed by atoms with van der Waals surface area (Å²) >= 11 is 0. The molecule has 9 heteroatoms. The molecule has 33 heavy (non-hydrogen) atoms. The molecule has 2 saturated heterocycles. The number of piperidine rings is 1. The lowest BCUT2D eigenvalue weighted by atomic mass is 9.71. The maximum absolute atomic E-state index is 14.0. The number of carbonyl (C=O) groups excluding carboxylic acids is 1. The van der Waals surface area contributed by atoms with Crippen LogP contribution >= 0.6 is 0 Å². The van der Waals surface area contributed by atoms with Crippen molar-refractivity contribution in [1.29, 1.82) is 0 Å². The number of benzene rings is 2. The summed E-state index contributed by atoms with van der Waals surface area (Å²) in [7, 11) is -4.02. The van der Waals surface area contributed by atoms with Crippen molar-refractivity contribution < 1.29 is 26.7 Å². The summed E-state index contributed by atoms with van der Waals surface area (Å²) in [5.74, 6) is -2.34. The molecule has 178 valence electrons. The highest BCUT2D eigenvalue weighted by atomic mass is 32.2. The maximum Gasteiger partial charge on any atom is 0.243 e. The van der Waals surface area contributed by atoms with Crippen LogP contribution < -0.4 is 0 Å². The van der Waals surface area contributed by atoms with Crippen LogP contribution in [0.15, 0.2) is 53.4 Å². The minimum absolute atomic E-state index is 0.0266. The number of hydrogen-bond acceptors (Lipinski definition) is 4. The van der Waals surface area contributed by atoms with Gasteiger partial charge in [0.25, 0.3) is 0 Å². The minimum Gasteiger partial charge on any atom is -0.375 e. The van der Waals surface area contributed by atoms with E-state index in [0.717, 1.165) is 17.7 Å². The fourth-order valence-electron chi connectivity index (χ4n) is 4.74. The molecule has 2 fully saturated rings. The molecule has 0 spiro atoms. The molecule has 2 aliphatic heterocycles. The predicted molar refractivity (Wildman–Crippen MR) is 119 cm³/mol. The van der Waals surface area contributed by atoms with Crippen LogP contribution in [0.4, 0.5) is 8.78 Å². The fourth-order valence-corrected chi connectivity index (χ4v) is 6.19. The van der Waals surface area contributed by atoms with Gasteiger partial charge < -0.3 is 9.64 Å². The first-order chi connectivity index (χ1) is 15.6. The van der Waals surface area contributed by atoms with Gasteiger partial charge in [-0.1, -0.05) is 30.3 Å². The van der Waals surface area contributed by atoms with Crippen molar-refractivity contribution in [3.63, 3.8) is 0 Å². The van der Waals surface area contributed by atoms with Crippen LogP contribution in [-0.2, 0) is 25.0 Å². The van der Waals surface area contributed by atoms with Crippen molar-refractivity contribution in [3.05, 3.63) is 65.7 Å². The smallest absolute Gasteiger partial charge is 0.243 e. The van der Waals surface area contributed by atoms with Crippen LogP contribution in [0, 0.1) is 11.6 Å². The third kappa shape index (κ3) is 4.41. The molecule has 2 unspecified atom stereocenters. The number of sulfonamides is 1. The van der Waals surface area contributed by atoms with E-state index in [-0.39, 0.29) is 48.9 Å². The SMILES string of the molecule is CC1CN(C(=O)C2(c3ccccc3)CCN(S(=O)(=O)c3ccc(F)c(F)c3)CC2)C(C)CO1. The molecule has 0 N–H and O–H groups in total. The van der Waals surface area contributed by atoms with Crippen molar-refractivity contribution >= 4 is 15.9 Å². The van der Waals surface area contributed by atoms with Crippen LogP contribution in [0.5, 0.6) is 0 Å². The van der Waals surface area contributed by atoms with Gasteiger partial charge in [-0.05, 0) is 50.5 Å². The molecule has 1 amide bonds. The predicted octanol–water partition coefficient (Wildman–Crippen LogP) is 3.32. The van der Waals surface area contributed by atoms with Crippen molar-refractivity contribution in [2.24, 2.45) is 0 Å². The molecule has 2 aliphatic rings. The van der Waals surface area contributed by atoms with Crippen molar-refractivity contribution in [2.75, 3.05) is 26.2 Å². The quantitative estimate of drug-likeness (QED) is 0.676. The lowest BCUT2D eigenvalue weighted by Gasteiger charge is -2.46. The first kappa shape index (κ1) is 23.8. The summed E-state index contributed by atoms with van der Waals surface area (Å²) in [6.07, 6.45) is 0.501. The first-order valence-corrected chi connectivity index (χ1v) is 12.5. The van der Waals surface area contributed by atoms with Crippen molar-refractivity contribution in [1.82, 2.24) is 9.21 Å². The Morgan fingerprint density at radius 2 is 1.70 bits per heavy atom. The zero-order valence-corrected chi connectivity index (χ0v) is 19.5. The number of morpholine rings is 1. The van der Waals surface area contributed by atoms with Crippen LogP contribution in [0.25, 0.3) is 0 Å². The topological polar surface area (TPSA) is 66.9 Å². The summed E-state index contributed by atoms with van der Waals surface area (Å²) in [4.78, 5) is 15.5. The van der Waals surface area contributed by atoms with E-state index in [1.165, 1.54) is 4.31 Å². The minimum atomic E-state index is -4.02. The molecular formula is C24H28F2N2O4S. The summed E-state index contributed by atoms with van der Waals surface area (Å²) < 4.78 is 60.1. The molecule has 0 bridgehead atoms. The van der Waals surface area contributed by atoms with Gasteiger partial charge >= 0.3 is 0 Å². The first-order valence-electron chi connectivity index (χ1n) is 11.1. The zero-order valence-electron chi connectivity index (χ0n) is 18.7. The summed E-state index contributed by atoms with van der Waals surface area (Å²) in [5.41, 5.74) is -0.0154. The van der Waals surface area contributed by atoms with Crippen molar-refractivity contribution in [2.45, 2.75) is 49.1 Å². The van der Waals surface area contributed by atoms with E-state index in [0.29, 0.717) is 19.2 Å². The molecule has 2 atom stereocenters. The van der Waals surface area contributed by atoms with Gasteiger partial charge in [0.1, 0.15) is 0 Å². The zero-order chi connectivity index (χ0) is 23.8. The van der Waals surface area contributed by atoms with E-state index in [1.807, 2.05) is 49.1 Å². The highest BCUT2D eigenvalue weighted by Gasteiger charge is 2.48. The normalized spacial score (nSPS) is 23.9. The molecule has 2 aromatic carbocycles. The Labute approximate surface area is 193 Å². The van der Waals surface area contributed by atoms with E-state index in [2.05, 4.69) is 0 Å². The Kier molecular flexibility index (Phi) is 6.57. The Balaban J connectivity index is 1.63. The number of amides is 1. The van der Waals surface area contributed by atoms with E-state index in [4.69, 9.17) is 4.74 Å². The van der Waals surface area contributed by atoms with Gasteiger partial charge in [0.05, 0.1) is 29.1 Å². The van der Waals surface area contributed by atoms with Gasteiger partial charge in [0, 0.05) is 19.6 Å². The van der Waals surface area contributed by atoms with Gasteiger partial charge in [0.2, 0.25) is 15.9 Å². The van der Waals surface area contributed by atoms with Crippen LogP contribution in [-0.4, -0.2) is 61.9 Å². The lowest BCUT2D eigenvalue weighted by Crippen LogP contribution is -2.59. The molecule has 2 heterocycles. The fraction of sp³-hybridized carbons (Fsp3) is 0.458. The Bertz CT molecular complexity index is 1120. The van der Waals surface area contributed by atoms with Crippen LogP contribution in [0.2, 0.25) is 0 Å². The van der Waals surface area contributed by atoms with Gasteiger partial charge in [-0.25, -0.2) is 17.2 Å². The monoisotopic (exact) mass is 478 g/mol. The van der Waals surface area contributed by atoms with Crippen molar-refractivity contribution in [3.8, 4) is 0 Å². The molecule has 0 saturated carbocycles. The van der Waals surface area contributed by atoms with Gasteiger partial charge in [-0.3, -0.25) is 4.79 Å². The summed E-state index contributed by atoms with van der Waals surface area (Å²) in [5, 5.41) is 0. The number of rotatable bonds is 4. The number of ether oxygens (including phenoxy) is 1.